The summed E-state index contributed by atoms with van der Waals surface area (Å²) in [5, 5.41) is 1.26. The largest absolute Gasteiger partial charge is 0.404 e. The Morgan fingerprint density at radius 3 is 2.86 bits per heavy atom. The van der Waals surface area contributed by atoms with Crippen LogP contribution in [0.3, 0.4) is 0 Å². The van der Waals surface area contributed by atoms with Gasteiger partial charge < -0.3 is 10.7 Å². The number of nitrogens with one attached hydrogen (secondary N) is 1. The molecule has 1 aliphatic rings. The third kappa shape index (κ3) is 4.27. The SMILES string of the molecule is CN=C/C(=C\N)[C@@H]1CN(CC(F)F)CC[C@H]1Cc1c(C)cc(C)c2[nH]ccc12. The second-order valence-corrected chi connectivity index (χ2v) is 7.82. The third-order valence-corrected chi connectivity index (χ3v) is 5.98. The number of aromatic amines is 1. The molecule has 0 bridgehead atoms. The first-order chi connectivity index (χ1) is 13.4. The molecule has 1 aliphatic heterocycles. The van der Waals surface area contributed by atoms with Crippen molar-refractivity contribution in [3.8, 4) is 0 Å². The van der Waals surface area contributed by atoms with Crippen molar-refractivity contribution in [1.29, 1.82) is 0 Å². The van der Waals surface area contributed by atoms with Crippen LogP contribution in [0.15, 0.2) is 35.1 Å². The number of hydrogen-bond acceptors (Lipinski definition) is 3. The molecule has 0 radical (unpaired) electrons. The van der Waals surface area contributed by atoms with Crippen molar-refractivity contribution in [2.75, 3.05) is 26.7 Å². The molecule has 2 aromatic rings. The number of alkyl halides is 2. The first kappa shape index (κ1) is 20.5. The molecule has 4 nitrogen and oxygen atoms in total. The van der Waals surface area contributed by atoms with E-state index in [1.165, 1.54) is 27.6 Å². The second kappa shape index (κ2) is 8.86. The maximum absolute atomic E-state index is 12.9. The quantitative estimate of drug-likeness (QED) is 0.733. The van der Waals surface area contributed by atoms with Gasteiger partial charge in [0.25, 0.3) is 6.43 Å². The lowest BCUT2D eigenvalue weighted by atomic mass is 9.76. The van der Waals surface area contributed by atoms with Crippen LogP contribution < -0.4 is 5.73 Å². The zero-order chi connectivity index (χ0) is 20.3. The number of rotatable bonds is 6. The fraction of sp³-hybridized carbons (Fsp3) is 0.500. The highest BCUT2D eigenvalue weighted by Gasteiger charge is 2.33. The molecule has 0 saturated carbocycles. The highest BCUT2D eigenvalue weighted by atomic mass is 19.3. The molecule has 1 aromatic carbocycles. The van der Waals surface area contributed by atoms with Gasteiger partial charge in [-0.05, 0) is 73.7 Å². The van der Waals surface area contributed by atoms with Crippen LogP contribution in [0.4, 0.5) is 8.78 Å². The lowest BCUT2D eigenvalue weighted by Gasteiger charge is -2.39. The lowest BCUT2D eigenvalue weighted by molar-refractivity contribution is 0.0550. The van der Waals surface area contributed by atoms with Crippen LogP contribution in [0.2, 0.25) is 0 Å². The van der Waals surface area contributed by atoms with Crippen LogP contribution in [0.1, 0.15) is 23.1 Å². The van der Waals surface area contributed by atoms with Crippen molar-refractivity contribution in [2.24, 2.45) is 22.6 Å². The van der Waals surface area contributed by atoms with Gasteiger partial charge in [0, 0.05) is 42.8 Å². The molecule has 2 heterocycles. The Bertz CT molecular complexity index is 869. The van der Waals surface area contributed by atoms with Gasteiger partial charge in [0.2, 0.25) is 0 Å². The van der Waals surface area contributed by atoms with E-state index < -0.39 is 6.43 Å². The topological polar surface area (TPSA) is 57.4 Å². The summed E-state index contributed by atoms with van der Waals surface area (Å²) in [5.41, 5.74) is 11.9. The number of aryl methyl sites for hydroxylation is 2. The van der Waals surface area contributed by atoms with Crippen LogP contribution in [0.5, 0.6) is 0 Å². The Balaban J connectivity index is 1.92. The van der Waals surface area contributed by atoms with E-state index in [2.05, 4.69) is 36.0 Å². The first-order valence-corrected chi connectivity index (χ1v) is 9.85. The summed E-state index contributed by atoms with van der Waals surface area (Å²) < 4.78 is 25.9. The molecular weight excluding hydrogens is 358 g/mol. The van der Waals surface area contributed by atoms with Crippen LogP contribution >= 0.6 is 0 Å². The maximum Gasteiger partial charge on any atom is 0.251 e. The van der Waals surface area contributed by atoms with Crippen molar-refractivity contribution in [3.05, 3.63) is 46.8 Å². The Hall–Kier alpha value is -2.21. The summed E-state index contributed by atoms with van der Waals surface area (Å²) in [6, 6.07) is 4.36. The number of hydrogen-bond donors (Lipinski definition) is 2. The van der Waals surface area contributed by atoms with Crippen molar-refractivity contribution in [2.45, 2.75) is 33.1 Å². The predicted octanol–water partition coefficient (Wildman–Crippen LogP) is 4.07. The van der Waals surface area contributed by atoms with Crippen molar-refractivity contribution >= 4 is 17.1 Å². The fourth-order valence-corrected chi connectivity index (χ4v) is 4.64. The van der Waals surface area contributed by atoms with Gasteiger partial charge in [-0.15, -0.1) is 0 Å². The molecule has 0 amide bonds. The zero-order valence-corrected chi connectivity index (χ0v) is 16.9. The molecule has 2 atom stereocenters. The van der Waals surface area contributed by atoms with Gasteiger partial charge in [-0.25, -0.2) is 8.78 Å². The van der Waals surface area contributed by atoms with Gasteiger partial charge in [0.1, 0.15) is 0 Å². The fourth-order valence-electron chi connectivity index (χ4n) is 4.64. The molecule has 28 heavy (non-hydrogen) atoms. The summed E-state index contributed by atoms with van der Waals surface area (Å²) in [6.07, 6.45) is 4.80. The van der Waals surface area contributed by atoms with Gasteiger partial charge >= 0.3 is 0 Å². The molecule has 1 saturated heterocycles. The van der Waals surface area contributed by atoms with Gasteiger partial charge in [0.15, 0.2) is 0 Å². The monoisotopic (exact) mass is 388 g/mol. The van der Waals surface area contributed by atoms with E-state index >= 15 is 0 Å². The van der Waals surface area contributed by atoms with Gasteiger partial charge in [-0.3, -0.25) is 9.89 Å². The number of H-pyrrole nitrogens is 1. The van der Waals surface area contributed by atoms with Gasteiger partial charge in [-0.2, -0.15) is 0 Å². The highest BCUT2D eigenvalue weighted by molar-refractivity contribution is 5.87. The van der Waals surface area contributed by atoms with E-state index in [4.69, 9.17) is 5.73 Å². The molecule has 1 aromatic heterocycles. The average molecular weight is 389 g/mol. The van der Waals surface area contributed by atoms with Crippen LogP contribution in [-0.2, 0) is 6.42 Å². The van der Waals surface area contributed by atoms with E-state index in [1.807, 2.05) is 11.1 Å². The molecule has 6 heteroatoms. The lowest BCUT2D eigenvalue weighted by Crippen LogP contribution is -2.44. The number of fused-ring (bicyclic) bond motifs is 1. The first-order valence-electron chi connectivity index (χ1n) is 9.85. The normalized spacial score (nSPS) is 22.0. The number of nitrogens with two attached hydrogens (primary N) is 1. The number of benzene rings is 1. The third-order valence-electron chi connectivity index (χ3n) is 5.98. The Labute approximate surface area is 165 Å². The Kier molecular flexibility index (Phi) is 6.50. The van der Waals surface area contributed by atoms with E-state index in [0.29, 0.717) is 19.0 Å². The molecule has 0 unspecified atom stereocenters. The minimum Gasteiger partial charge on any atom is -0.404 e. The molecule has 0 aliphatic carbocycles. The van der Waals surface area contributed by atoms with Crippen molar-refractivity contribution < 1.29 is 8.78 Å². The molecule has 3 N–H and O–H groups in total. The van der Waals surface area contributed by atoms with E-state index in [9.17, 15) is 8.78 Å². The number of likely N-dealkylation sites (tertiary alicyclic amines) is 1. The standard InChI is InChI=1S/C22H30F2N4/c1-14-8-15(2)22-18(4-6-27-22)19(14)9-16-5-7-28(13-21(23)24)12-20(16)17(10-25)11-26-3/h4,6,8,10-11,16,20-21,27H,5,7,9,12-13,25H2,1-3H3/b17-10+,26-11?/t16-,20+/m0/s1. The Morgan fingerprint density at radius 2 is 2.18 bits per heavy atom. The summed E-state index contributed by atoms with van der Waals surface area (Å²) >= 11 is 0. The zero-order valence-electron chi connectivity index (χ0n) is 16.9. The summed E-state index contributed by atoms with van der Waals surface area (Å²) in [5.74, 6) is 0.428. The van der Waals surface area contributed by atoms with Gasteiger partial charge in [0.05, 0.1) is 6.54 Å². The molecular formula is C22H30F2N4. The van der Waals surface area contributed by atoms with Crippen LogP contribution in [0.25, 0.3) is 10.9 Å². The van der Waals surface area contributed by atoms with Crippen LogP contribution in [0, 0.1) is 25.7 Å². The Morgan fingerprint density at radius 1 is 1.39 bits per heavy atom. The molecule has 1 fully saturated rings. The minimum atomic E-state index is -2.32. The number of piperidine rings is 1. The second-order valence-electron chi connectivity index (χ2n) is 7.82. The average Bonchev–Trinajstić information content (AvgIpc) is 3.14. The van der Waals surface area contributed by atoms with E-state index in [1.54, 1.807) is 19.5 Å². The highest BCUT2D eigenvalue weighted by Crippen LogP contribution is 2.35. The van der Waals surface area contributed by atoms with Crippen molar-refractivity contribution in [3.63, 3.8) is 0 Å². The molecule has 152 valence electrons. The summed E-state index contributed by atoms with van der Waals surface area (Å²) in [4.78, 5) is 9.33. The van der Waals surface area contributed by atoms with E-state index in [0.717, 1.165) is 18.4 Å². The van der Waals surface area contributed by atoms with E-state index in [-0.39, 0.29) is 12.5 Å². The number of halogens is 2. The predicted molar refractivity (Wildman–Crippen MR) is 112 cm³/mol. The number of nitrogens with zero attached hydrogens (tertiary/aromatic N) is 2. The maximum atomic E-state index is 12.9. The summed E-state index contributed by atoms with van der Waals surface area (Å²) in [7, 11) is 1.71. The minimum absolute atomic E-state index is 0.0934. The van der Waals surface area contributed by atoms with Gasteiger partial charge in [-0.1, -0.05) is 6.07 Å². The number of aliphatic imine (C=N–C) groups is 1. The van der Waals surface area contributed by atoms with Crippen LogP contribution in [-0.4, -0.2) is 49.2 Å². The summed E-state index contributed by atoms with van der Waals surface area (Å²) in [6.45, 7) is 5.37. The smallest absolute Gasteiger partial charge is 0.251 e. The van der Waals surface area contributed by atoms with Crippen molar-refractivity contribution in [1.82, 2.24) is 9.88 Å². The number of aromatic nitrogens is 1. The molecule has 3 rings (SSSR count). The molecule has 0 spiro atoms.